The van der Waals surface area contributed by atoms with Gasteiger partial charge in [0.25, 0.3) is 0 Å². The van der Waals surface area contributed by atoms with Crippen molar-refractivity contribution in [2.24, 2.45) is 5.92 Å². The Labute approximate surface area is 95.4 Å². The van der Waals surface area contributed by atoms with Gasteiger partial charge in [-0.2, -0.15) is 0 Å². The zero-order valence-electron chi connectivity index (χ0n) is 9.52. The highest BCUT2D eigenvalue weighted by Crippen LogP contribution is 2.39. The first-order valence-corrected chi connectivity index (χ1v) is 6.01. The van der Waals surface area contributed by atoms with Crippen molar-refractivity contribution in [3.63, 3.8) is 0 Å². The van der Waals surface area contributed by atoms with E-state index in [2.05, 4.69) is 15.3 Å². The smallest absolute Gasteiger partial charge is 0.223 e. The second-order valence-electron chi connectivity index (χ2n) is 4.73. The molecule has 2 aliphatic rings. The molecular formula is C12H17N3O. The molecule has 86 valence electrons. The Kier molecular flexibility index (Phi) is 2.52. The van der Waals surface area contributed by atoms with Gasteiger partial charge in [-0.3, -0.25) is 0 Å². The zero-order valence-corrected chi connectivity index (χ0v) is 9.52. The van der Waals surface area contributed by atoms with Crippen LogP contribution in [0.2, 0.25) is 0 Å². The number of rotatable bonds is 3. The number of aryl methyl sites for hydroxylation is 1. The van der Waals surface area contributed by atoms with Crippen LogP contribution >= 0.6 is 0 Å². The number of nitrogens with one attached hydrogen (secondary N) is 1. The largest absolute Gasteiger partial charge is 0.376 e. The Hall–Kier alpha value is -1.16. The van der Waals surface area contributed by atoms with Crippen LogP contribution in [0.1, 0.15) is 25.0 Å². The average Bonchev–Trinajstić information content (AvgIpc) is 3.00. The number of ether oxygens (including phenoxy) is 1. The molecule has 1 aromatic rings. The zero-order chi connectivity index (χ0) is 11.0. The van der Waals surface area contributed by atoms with E-state index in [-0.39, 0.29) is 0 Å². The fourth-order valence-corrected chi connectivity index (χ4v) is 2.34. The van der Waals surface area contributed by atoms with Crippen LogP contribution in [-0.2, 0) is 4.74 Å². The molecule has 1 saturated carbocycles. The molecule has 4 heteroatoms. The van der Waals surface area contributed by atoms with E-state index in [1.807, 2.05) is 13.0 Å². The monoisotopic (exact) mass is 219 g/mol. The number of hydrogen-bond acceptors (Lipinski definition) is 4. The molecule has 2 fully saturated rings. The van der Waals surface area contributed by atoms with Gasteiger partial charge in [0.2, 0.25) is 5.95 Å². The van der Waals surface area contributed by atoms with Crippen molar-refractivity contribution in [1.82, 2.24) is 9.97 Å². The van der Waals surface area contributed by atoms with Gasteiger partial charge in [-0.05, 0) is 38.2 Å². The minimum Gasteiger partial charge on any atom is -0.376 e. The van der Waals surface area contributed by atoms with E-state index in [0.29, 0.717) is 12.1 Å². The van der Waals surface area contributed by atoms with Gasteiger partial charge >= 0.3 is 0 Å². The molecule has 2 heterocycles. The van der Waals surface area contributed by atoms with Crippen LogP contribution in [0.15, 0.2) is 12.3 Å². The van der Waals surface area contributed by atoms with E-state index in [9.17, 15) is 0 Å². The SMILES string of the molecule is Cc1ccnc(NC2CCOC2C2CC2)n1. The van der Waals surface area contributed by atoms with Crippen LogP contribution in [-0.4, -0.2) is 28.7 Å². The lowest BCUT2D eigenvalue weighted by molar-refractivity contribution is 0.0897. The summed E-state index contributed by atoms with van der Waals surface area (Å²) in [6.45, 7) is 2.85. The quantitative estimate of drug-likeness (QED) is 0.841. The fraction of sp³-hybridized carbons (Fsp3) is 0.667. The second kappa shape index (κ2) is 4.01. The van der Waals surface area contributed by atoms with Gasteiger partial charge in [0, 0.05) is 18.5 Å². The first-order chi connectivity index (χ1) is 7.83. The summed E-state index contributed by atoms with van der Waals surface area (Å²) < 4.78 is 5.77. The summed E-state index contributed by atoms with van der Waals surface area (Å²) in [5, 5.41) is 3.41. The molecule has 16 heavy (non-hydrogen) atoms. The third-order valence-electron chi connectivity index (χ3n) is 3.33. The Morgan fingerprint density at radius 2 is 2.25 bits per heavy atom. The number of anilines is 1. The summed E-state index contributed by atoms with van der Waals surface area (Å²) in [6, 6.07) is 2.31. The van der Waals surface area contributed by atoms with E-state index < -0.39 is 0 Å². The van der Waals surface area contributed by atoms with Gasteiger partial charge < -0.3 is 10.1 Å². The maximum absolute atomic E-state index is 5.77. The first-order valence-electron chi connectivity index (χ1n) is 6.01. The first kappa shape index (κ1) is 10.0. The van der Waals surface area contributed by atoms with Gasteiger partial charge in [-0.15, -0.1) is 0 Å². The topological polar surface area (TPSA) is 47.0 Å². The van der Waals surface area contributed by atoms with Crippen molar-refractivity contribution in [1.29, 1.82) is 0 Å². The van der Waals surface area contributed by atoms with E-state index in [1.165, 1.54) is 12.8 Å². The predicted octanol–water partition coefficient (Wildman–Crippen LogP) is 1.76. The van der Waals surface area contributed by atoms with Crippen LogP contribution in [0.3, 0.4) is 0 Å². The van der Waals surface area contributed by atoms with Gasteiger partial charge in [0.1, 0.15) is 0 Å². The van der Waals surface area contributed by atoms with Crippen LogP contribution < -0.4 is 5.32 Å². The molecule has 1 N–H and O–H groups in total. The average molecular weight is 219 g/mol. The molecule has 1 aliphatic heterocycles. The Bertz CT molecular complexity index is 378. The van der Waals surface area contributed by atoms with Gasteiger partial charge in [0.05, 0.1) is 12.1 Å². The fourth-order valence-electron chi connectivity index (χ4n) is 2.34. The van der Waals surface area contributed by atoms with Crippen molar-refractivity contribution < 1.29 is 4.74 Å². The van der Waals surface area contributed by atoms with E-state index in [0.717, 1.165) is 30.6 Å². The van der Waals surface area contributed by atoms with Crippen LogP contribution in [0, 0.1) is 12.8 Å². The summed E-state index contributed by atoms with van der Waals surface area (Å²) in [5.74, 6) is 1.51. The summed E-state index contributed by atoms with van der Waals surface area (Å²) in [6.07, 6.45) is 5.88. The Morgan fingerprint density at radius 1 is 1.38 bits per heavy atom. The van der Waals surface area contributed by atoms with Gasteiger partial charge in [-0.25, -0.2) is 9.97 Å². The molecule has 0 bridgehead atoms. The number of nitrogens with zero attached hydrogens (tertiary/aromatic N) is 2. The maximum atomic E-state index is 5.77. The van der Waals surface area contributed by atoms with E-state index in [4.69, 9.17) is 4.74 Å². The van der Waals surface area contributed by atoms with E-state index in [1.54, 1.807) is 6.20 Å². The van der Waals surface area contributed by atoms with Crippen molar-refractivity contribution in [3.8, 4) is 0 Å². The second-order valence-corrected chi connectivity index (χ2v) is 4.73. The molecule has 0 amide bonds. The summed E-state index contributed by atoms with van der Waals surface area (Å²) in [7, 11) is 0. The van der Waals surface area contributed by atoms with Crippen LogP contribution in [0.25, 0.3) is 0 Å². The van der Waals surface area contributed by atoms with Crippen LogP contribution in [0.4, 0.5) is 5.95 Å². The molecule has 1 saturated heterocycles. The summed E-state index contributed by atoms with van der Waals surface area (Å²) in [5.41, 5.74) is 0.999. The standard InChI is InChI=1S/C12H17N3O/c1-8-4-6-13-12(14-8)15-10-5-7-16-11(10)9-2-3-9/h4,6,9-11H,2-3,5,7H2,1H3,(H,13,14,15). The molecule has 1 aliphatic carbocycles. The van der Waals surface area contributed by atoms with Crippen LogP contribution in [0.5, 0.6) is 0 Å². The maximum Gasteiger partial charge on any atom is 0.223 e. The van der Waals surface area contributed by atoms with Crippen molar-refractivity contribution in [2.45, 2.75) is 38.3 Å². The molecule has 0 aromatic carbocycles. The molecule has 0 radical (unpaired) electrons. The lowest BCUT2D eigenvalue weighted by Gasteiger charge is -2.19. The molecule has 2 atom stereocenters. The number of aromatic nitrogens is 2. The molecular weight excluding hydrogens is 202 g/mol. The Morgan fingerprint density at radius 3 is 3.00 bits per heavy atom. The van der Waals surface area contributed by atoms with Crippen molar-refractivity contribution >= 4 is 5.95 Å². The van der Waals surface area contributed by atoms with Gasteiger partial charge in [0.15, 0.2) is 0 Å². The van der Waals surface area contributed by atoms with Crippen molar-refractivity contribution in [2.75, 3.05) is 11.9 Å². The van der Waals surface area contributed by atoms with Crippen molar-refractivity contribution in [3.05, 3.63) is 18.0 Å². The lowest BCUT2D eigenvalue weighted by Crippen LogP contribution is -2.31. The third-order valence-corrected chi connectivity index (χ3v) is 3.33. The normalized spacial score (nSPS) is 29.3. The minimum atomic E-state index is 0.379. The lowest BCUT2D eigenvalue weighted by atomic mass is 10.1. The summed E-state index contributed by atoms with van der Waals surface area (Å²) in [4.78, 5) is 8.61. The molecule has 2 unspecified atom stereocenters. The Balaban J connectivity index is 1.69. The molecule has 4 nitrogen and oxygen atoms in total. The molecule has 0 spiro atoms. The highest BCUT2D eigenvalue weighted by Gasteiger charge is 2.40. The number of hydrogen-bond donors (Lipinski definition) is 1. The highest BCUT2D eigenvalue weighted by molar-refractivity contribution is 5.28. The minimum absolute atomic E-state index is 0.379. The molecule has 3 rings (SSSR count). The third kappa shape index (κ3) is 2.02. The highest BCUT2D eigenvalue weighted by atomic mass is 16.5. The van der Waals surface area contributed by atoms with E-state index >= 15 is 0 Å². The predicted molar refractivity (Wildman–Crippen MR) is 61.3 cm³/mol. The molecule has 1 aromatic heterocycles. The van der Waals surface area contributed by atoms with Gasteiger partial charge in [-0.1, -0.05) is 0 Å². The summed E-state index contributed by atoms with van der Waals surface area (Å²) >= 11 is 0.